The van der Waals surface area contributed by atoms with Crippen molar-refractivity contribution >= 4 is 34.3 Å². The first-order valence-corrected chi connectivity index (χ1v) is 10.5. The van der Waals surface area contributed by atoms with Crippen molar-refractivity contribution in [2.45, 2.75) is 11.7 Å². The predicted octanol–water partition coefficient (Wildman–Crippen LogP) is 4.28. The van der Waals surface area contributed by atoms with Crippen LogP contribution in [-0.2, 0) is 4.79 Å². The van der Waals surface area contributed by atoms with Gasteiger partial charge in [-0.25, -0.2) is 0 Å². The van der Waals surface area contributed by atoms with Gasteiger partial charge in [0, 0.05) is 23.1 Å². The zero-order valence-electron chi connectivity index (χ0n) is 15.9. The first kappa shape index (κ1) is 18.5. The third-order valence-electron chi connectivity index (χ3n) is 5.14. The molecule has 2 aliphatic rings. The second-order valence-electron chi connectivity index (χ2n) is 7.03. The zero-order chi connectivity index (χ0) is 20.5. The number of Topliss-reactive ketones (excluding diaryl/α,β-unsaturated/α-hetero) is 1. The minimum Gasteiger partial charge on any atom is -0.303 e. The number of nitrogens with one attached hydrogen (secondary N) is 1. The Hall–Kier alpha value is -3.51. The normalized spacial score (nSPS) is 18.1. The highest BCUT2D eigenvalue weighted by molar-refractivity contribution is 8.15. The summed E-state index contributed by atoms with van der Waals surface area (Å²) in [6, 6.07) is 25.2. The van der Waals surface area contributed by atoms with Gasteiger partial charge in [0.1, 0.15) is 5.71 Å². The molecule has 1 N–H and O–H groups in total. The molecule has 1 atom stereocenters. The summed E-state index contributed by atoms with van der Waals surface area (Å²) in [5.74, 6) is -0.273. The highest BCUT2D eigenvalue weighted by Crippen LogP contribution is 2.36. The summed E-state index contributed by atoms with van der Waals surface area (Å²) in [5, 5.41) is 11.5. The van der Waals surface area contributed by atoms with Crippen LogP contribution in [-0.4, -0.2) is 27.8 Å². The first-order chi connectivity index (χ1) is 14.7. The summed E-state index contributed by atoms with van der Waals surface area (Å²) in [6.45, 7) is 0. The van der Waals surface area contributed by atoms with Gasteiger partial charge in [0.05, 0.1) is 5.25 Å². The number of nitrogens with zero attached hydrogens (tertiary/aromatic N) is 2. The second-order valence-corrected chi connectivity index (χ2v) is 8.23. The minimum absolute atomic E-state index is 0.0607. The maximum Gasteiger partial charge on any atom is 0.240 e. The molecule has 3 aromatic carbocycles. The van der Waals surface area contributed by atoms with Crippen LogP contribution in [0.25, 0.3) is 11.1 Å². The van der Waals surface area contributed by atoms with E-state index in [1.165, 1.54) is 11.8 Å². The number of carbonyl (C=O) groups is 2. The van der Waals surface area contributed by atoms with Crippen LogP contribution in [0.1, 0.15) is 27.9 Å². The zero-order valence-corrected chi connectivity index (χ0v) is 16.7. The molecular weight excluding hydrogens is 394 g/mol. The van der Waals surface area contributed by atoms with Crippen molar-refractivity contribution in [2.24, 2.45) is 10.2 Å². The maximum absolute atomic E-state index is 12.4. The third kappa shape index (κ3) is 3.35. The number of benzene rings is 3. The van der Waals surface area contributed by atoms with Gasteiger partial charge in [0.25, 0.3) is 0 Å². The summed E-state index contributed by atoms with van der Waals surface area (Å²) < 4.78 is 0. The van der Waals surface area contributed by atoms with Gasteiger partial charge in [-0.3, -0.25) is 9.59 Å². The number of hydrogen-bond acceptors (Lipinski definition) is 5. The lowest BCUT2D eigenvalue weighted by molar-refractivity contribution is -0.118. The molecule has 1 fully saturated rings. The number of ketones is 1. The van der Waals surface area contributed by atoms with E-state index in [0.717, 1.165) is 28.0 Å². The van der Waals surface area contributed by atoms with Crippen molar-refractivity contribution < 1.29 is 9.59 Å². The van der Waals surface area contributed by atoms with Crippen molar-refractivity contribution in [3.05, 3.63) is 95.6 Å². The van der Waals surface area contributed by atoms with E-state index in [2.05, 4.69) is 27.7 Å². The average Bonchev–Trinajstić information content (AvgIpc) is 3.30. The van der Waals surface area contributed by atoms with Crippen LogP contribution >= 0.6 is 11.8 Å². The average molecular weight is 411 g/mol. The molecule has 30 heavy (non-hydrogen) atoms. The van der Waals surface area contributed by atoms with Crippen molar-refractivity contribution in [3.8, 4) is 11.1 Å². The molecular formula is C24H17N3O2S. The van der Waals surface area contributed by atoms with Crippen molar-refractivity contribution in [3.63, 3.8) is 0 Å². The van der Waals surface area contributed by atoms with Crippen LogP contribution < -0.4 is 5.32 Å². The largest absolute Gasteiger partial charge is 0.303 e. The molecule has 3 aromatic rings. The molecule has 1 saturated heterocycles. The van der Waals surface area contributed by atoms with E-state index < -0.39 is 5.25 Å². The van der Waals surface area contributed by atoms with E-state index in [4.69, 9.17) is 0 Å². The number of fused-ring (bicyclic) bond motifs is 3. The molecule has 0 spiro atoms. The molecule has 0 bridgehead atoms. The quantitative estimate of drug-likeness (QED) is 0.402. The van der Waals surface area contributed by atoms with Gasteiger partial charge in [-0.1, -0.05) is 90.6 Å². The van der Waals surface area contributed by atoms with Crippen LogP contribution in [0.15, 0.2) is 89.1 Å². The van der Waals surface area contributed by atoms with E-state index >= 15 is 0 Å². The second kappa shape index (κ2) is 7.72. The SMILES string of the molecule is O=C(C[C@H]1S/C(=N\N=C2c3ccccc3-c3ccccc32)NC1=O)c1ccccc1. The molecule has 1 aliphatic heterocycles. The van der Waals surface area contributed by atoms with Crippen LogP contribution in [0.5, 0.6) is 0 Å². The Balaban J connectivity index is 1.38. The Morgan fingerprint density at radius 2 is 1.37 bits per heavy atom. The Bertz CT molecular complexity index is 1170. The lowest BCUT2D eigenvalue weighted by Crippen LogP contribution is -2.26. The molecule has 146 valence electrons. The summed E-state index contributed by atoms with van der Waals surface area (Å²) in [6.07, 6.45) is 0.127. The molecule has 1 aliphatic carbocycles. The number of amidine groups is 1. The molecule has 6 heteroatoms. The van der Waals surface area contributed by atoms with E-state index in [1.54, 1.807) is 12.1 Å². The molecule has 5 nitrogen and oxygen atoms in total. The lowest BCUT2D eigenvalue weighted by atomic mass is 10.1. The lowest BCUT2D eigenvalue weighted by Gasteiger charge is -2.04. The van der Waals surface area contributed by atoms with Gasteiger partial charge in [-0.15, -0.1) is 10.2 Å². The van der Waals surface area contributed by atoms with Gasteiger partial charge in [-0.05, 0) is 11.1 Å². The van der Waals surface area contributed by atoms with E-state index in [0.29, 0.717) is 10.7 Å². The molecule has 0 unspecified atom stereocenters. The summed E-state index contributed by atoms with van der Waals surface area (Å²) in [5.41, 5.74) is 5.69. The Morgan fingerprint density at radius 1 is 0.800 bits per heavy atom. The van der Waals surface area contributed by atoms with Crippen molar-refractivity contribution in [2.75, 3.05) is 0 Å². The fourth-order valence-corrected chi connectivity index (χ4v) is 4.61. The fraction of sp³-hybridized carbons (Fsp3) is 0.0833. The number of carbonyl (C=O) groups excluding carboxylic acids is 2. The Morgan fingerprint density at radius 3 is 2.00 bits per heavy atom. The summed E-state index contributed by atoms with van der Waals surface area (Å²) in [4.78, 5) is 24.8. The number of hydrogen-bond donors (Lipinski definition) is 1. The minimum atomic E-state index is -0.500. The number of thioether (sulfide) groups is 1. The number of amides is 1. The Kier molecular flexibility index (Phi) is 4.77. The molecule has 0 aromatic heterocycles. The maximum atomic E-state index is 12.4. The number of rotatable bonds is 4. The summed E-state index contributed by atoms with van der Waals surface area (Å²) in [7, 11) is 0. The topological polar surface area (TPSA) is 70.9 Å². The van der Waals surface area contributed by atoms with Gasteiger partial charge in [-0.2, -0.15) is 0 Å². The molecule has 0 saturated carbocycles. The van der Waals surface area contributed by atoms with Gasteiger partial charge >= 0.3 is 0 Å². The van der Waals surface area contributed by atoms with Crippen LogP contribution in [0.3, 0.4) is 0 Å². The highest BCUT2D eigenvalue weighted by atomic mass is 32.2. The van der Waals surface area contributed by atoms with Crippen LogP contribution in [0.2, 0.25) is 0 Å². The molecule has 0 radical (unpaired) electrons. The van der Waals surface area contributed by atoms with Crippen molar-refractivity contribution in [1.29, 1.82) is 0 Å². The van der Waals surface area contributed by atoms with E-state index in [9.17, 15) is 9.59 Å². The standard InChI is InChI=1S/C24H17N3O2S/c28-20(15-8-2-1-3-9-15)14-21-23(29)25-24(30-21)27-26-22-18-12-6-4-10-16(18)17-11-5-7-13-19(17)22/h1-13,21H,14H2,(H,25,27,29)/t21-/m1/s1. The molecule has 1 amide bonds. The van der Waals surface area contributed by atoms with Crippen LogP contribution in [0.4, 0.5) is 0 Å². The summed E-state index contributed by atoms with van der Waals surface area (Å²) >= 11 is 1.25. The smallest absolute Gasteiger partial charge is 0.240 e. The van der Waals surface area contributed by atoms with Crippen LogP contribution in [0, 0.1) is 0 Å². The van der Waals surface area contributed by atoms with Gasteiger partial charge < -0.3 is 5.32 Å². The van der Waals surface area contributed by atoms with Gasteiger partial charge in [0.15, 0.2) is 11.0 Å². The van der Waals surface area contributed by atoms with E-state index in [1.807, 2.05) is 54.6 Å². The first-order valence-electron chi connectivity index (χ1n) is 9.61. The van der Waals surface area contributed by atoms with Crippen molar-refractivity contribution in [1.82, 2.24) is 5.32 Å². The monoisotopic (exact) mass is 411 g/mol. The van der Waals surface area contributed by atoms with E-state index in [-0.39, 0.29) is 18.1 Å². The van der Waals surface area contributed by atoms with Gasteiger partial charge in [0.2, 0.25) is 5.91 Å². The Labute approximate surface area is 177 Å². The fourth-order valence-electron chi connectivity index (χ4n) is 3.69. The highest BCUT2D eigenvalue weighted by Gasteiger charge is 2.32. The predicted molar refractivity (Wildman–Crippen MR) is 120 cm³/mol. The molecule has 5 rings (SSSR count). The molecule has 1 heterocycles. The third-order valence-corrected chi connectivity index (χ3v) is 6.21.